The highest BCUT2D eigenvalue weighted by Crippen LogP contribution is 2.46. The third-order valence-electron chi connectivity index (χ3n) is 7.81. The zero-order valence-electron chi connectivity index (χ0n) is 20.2. The van der Waals surface area contributed by atoms with E-state index in [-0.39, 0.29) is 0 Å². The molecule has 0 unspecified atom stereocenters. The van der Waals surface area contributed by atoms with E-state index in [1.54, 1.807) is 0 Å². The largest absolute Gasteiger partial charge is 0.478 e. The van der Waals surface area contributed by atoms with Crippen LogP contribution in [0.3, 0.4) is 0 Å². The van der Waals surface area contributed by atoms with Crippen LogP contribution in [0.25, 0.3) is 22.2 Å². The van der Waals surface area contributed by atoms with Crippen LogP contribution in [0.2, 0.25) is 0 Å². The van der Waals surface area contributed by atoms with E-state index >= 15 is 0 Å². The molecular weight excluding hydrogens is 422 g/mol. The molecule has 1 aromatic heterocycles. The van der Waals surface area contributed by atoms with Crippen molar-refractivity contribution in [3.8, 4) is 11.3 Å². The first-order chi connectivity index (χ1) is 16.7. The lowest BCUT2D eigenvalue weighted by atomic mass is 9.82. The summed E-state index contributed by atoms with van der Waals surface area (Å²) in [5.41, 5.74) is 3.35. The van der Waals surface area contributed by atoms with Gasteiger partial charge in [-0.2, -0.15) is 0 Å². The van der Waals surface area contributed by atoms with E-state index in [0.29, 0.717) is 5.56 Å². The number of carboxylic acids is 1. The lowest BCUT2D eigenvalue weighted by Gasteiger charge is -2.54. The second-order valence-electron chi connectivity index (χ2n) is 9.66. The molecule has 2 fully saturated rings. The van der Waals surface area contributed by atoms with E-state index in [4.69, 9.17) is 4.98 Å². The number of likely N-dealkylation sites (tertiary alicyclic amines) is 2. The minimum Gasteiger partial charge on any atom is -0.478 e. The van der Waals surface area contributed by atoms with Gasteiger partial charge in [0.1, 0.15) is 5.66 Å². The van der Waals surface area contributed by atoms with Crippen LogP contribution in [-0.4, -0.2) is 52.0 Å². The molecule has 3 aromatic rings. The maximum Gasteiger partial charge on any atom is 0.336 e. The Morgan fingerprint density at radius 3 is 1.97 bits per heavy atom. The van der Waals surface area contributed by atoms with Crippen molar-refractivity contribution in [3.05, 3.63) is 65.7 Å². The molecule has 178 valence electrons. The number of para-hydroxylation sites is 1. The number of aromatic carboxylic acids is 1. The number of rotatable bonds is 6. The number of pyridine rings is 1. The van der Waals surface area contributed by atoms with Crippen molar-refractivity contribution in [1.29, 1.82) is 0 Å². The van der Waals surface area contributed by atoms with Gasteiger partial charge in [0.05, 0.1) is 16.8 Å². The highest BCUT2D eigenvalue weighted by molar-refractivity contribution is 6.06. The summed E-state index contributed by atoms with van der Waals surface area (Å²) in [7, 11) is 0. The van der Waals surface area contributed by atoms with Crippen LogP contribution >= 0.6 is 0 Å². The van der Waals surface area contributed by atoms with E-state index in [1.807, 2.05) is 42.5 Å². The van der Waals surface area contributed by atoms with E-state index in [9.17, 15) is 9.90 Å². The molecule has 5 nitrogen and oxygen atoms in total. The minimum absolute atomic E-state index is 0.419. The summed E-state index contributed by atoms with van der Waals surface area (Å²) in [5, 5.41) is 11.5. The predicted octanol–water partition coefficient (Wildman–Crippen LogP) is 6.13. The molecule has 0 amide bonds. The molecule has 2 aliphatic rings. The molecule has 0 saturated carbocycles. The number of nitrogens with zero attached hydrogens (tertiary/aromatic N) is 3. The fraction of sp³-hybridized carbons (Fsp3) is 0.448. The molecule has 2 aliphatic heterocycles. The van der Waals surface area contributed by atoms with E-state index in [2.05, 4.69) is 28.9 Å². The molecule has 34 heavy (non-hydrogen) atoms. The smallest absolute Gasteiger partial charge is 0.336 e. The van der Waals surface area contributed by atoms with E-state index < -0.39 is 11.6 Å². The maximum absolute atomic E-state index is 13.1. The van der Waals surface area contributed by atoms with Crippen LogP contribution in [0.5, 0.6) is 0 Å². The van der Waals surface area contributed by atoms with Gasteiger partial charge in [0.2, 0.25) is 0 Å². The van der Waals surface area contributed by atoms with Gasteiger partial charge in [-0.25, -0.2) is 9.78 Å². The Morgan fingerprint density at radius 2 is 1.41 bits per heavy atom. The second kappa shape index (κ2) is 9.85. The minimum atomic E-state index is -0.863. The summed E-state index contributed by atoms with van der Waals surface area (Å²) in [4.78, 5) is 23.4. The summed E-state index contributed by atoms with van der Waals surface area (Å²) < 4.78 is 0. The van der Waals surface area contributed by atoms with Gasteiger partial charge in [-0.3, -0.25) is 9.80 Å². The molecule has 2 saturated heterocycles. The first-order valence-corrected chi connectivity index (χ1v) is 12.9. The normalized spacial score (nSPS) is 18.3. The van der Waals surface area contributed by atoms with Gasteiger partial charge >= 0.3 is 5.97 Å². The highest BCUT2D eigenvalue weighted by atomic mass is 16.4. The molecular formula is C29H35N3O2. The number of aromatic nitrogens is 1. The molecule has 0 atom stereocenters. The number of hydrogen-bond acceptors (Lipinski definition) is 4. The standard InChI is InChI=1S/C29H35N3O2/c1-2-29(31-18-10-4-11-19-31,32-20-12-5-13-21-32)26-25(28(33)34)23-16-8-9-17-24(23)30-27(26)22-14-6-3-7-15-22/h3,6-9,14-17H,2,4-5,10-13,18-21H2,1H3,(H,33,34). The predicted molar refractivity (Wildman–Crippen MR) is 137 cm³/mol. The maximum atomic E-state index is 13.1. The number of hydrogen-bond donors (Lipinski definition) is 1. The van der Waals surface area contributed by atoms with Gasteiger partial charge in [-0.1, -0.05) is 68.3 Å². The summed E-state index contributed by atoms with van der Waals surface area (Å²) >= 11 is 0. The second-order valence-corrected chi connectivity index (χ2v) is 9.66. The first kappa shape index (κ1) is 23.0. The van der Waals surface area contributed by atoms with Crippen LogP contribution in [0.15, 0.2) is 54.6 Å². The van der Waals surface area contributed by atoms with Crippen molar-refractivity contribution in [2.24, 2.45) is 0 Å². The molecule has 5 heteroatoms. The zero-order chi connectivity index (χ0) is 23.5. The highest BCUT2D eigenvalue weighted by Gasteiger charge is 2.47. The third-order valence-corrected chi connectivity index (χ3v) is 7.81. The fourth-order valence-corrected chi connectivity index (χ4v) is 6.30. The quantitative estimate of drug-likeness (QED) is 0.482. The van der Waals surface area contributed by atoms with Crippen molar-refractivity contribution in [2.45, 2.75) is 57.5 Å². The van der Waals surface area contributed by atoms with Crippen LogP contribution in [0.1, 0.15) is 67.8 Å². The van der Waals surface area contributed by atoms with Crippen molar-refractivity contribution in [1.82, 2.24) is 14.8 Å². The Kier molecular flexibility index (Phi) is 6.66. The van der Waals surface area contributed by atoms with Gasteiger partial charge in [0, 0.05) is 42.7 Å². The number of carboxylic acid groups (broad SMARTS) is 1. The molecule has 2 aromatic carbocycles. The number of benzene rings is 2. The summed E-state index contributed by atoms with van der Waals surface area (Å²) in [5.74, 6) is -0.863. The SMILES string of the molecule is CCC(c1c(-c2ccccc2)nc2ccccc2c1C(=O)O)(N1CCCCC1)N1CCCCC1. The molecule has 5 rings (SSSR count). The van der Waals surface area contributed by atoms with Gasteiger partial charge in [0.15, 0.2) is 0 Å². The van der Waals surface area contributed by atoms with Crippen molar-refractivity contribution in [3.63, 3.8) is 0 Å². The van der Waals surface area contributed by atoms with Crippen molar-refractivity contribution >= 4 is 16.9 Å². The zero-order valence-corrected chi connectivity index (χ0v) is 20.2. The topological polar surface area (TPSA) is 56.7 Å². The number of fused-ring (bicyclic) bond motifs is 1. The lowest BCUT2D eigenvalue weighted by Crippen LogP contribution is -2.61. The van der Waals surface area contributed by atoms with Crippen molar-refractivity contribution in [2.75, 3.05) is 26.2 Å². The lowest BCUT2D eigenvalue weighted by molar-refractivity contribution is -0.0870. The number of carbonyl (C=O) groups is 1. The first-order valence-electron chi connectivity index (χ1n) is 12.9. The Morgan fingerprint density at radius 1 is 0.853 bits per heavy atom. The van der Waals surface area contributed by atoms with Crippen LogP contribution < -0.4 is 0 Å². The van der Waals surface area contributed by atoms with Gasteiger partial charge in [-0.15, -0.1) is 0 Å². The Hall–Kier alpha value is -2.76. The molecule has 0 bridgehead atoms. The summed E-state index contributed by atoms with van der Waals surface area (Å²) in [6, 6.07) is 17.9. The average molecular weight is 458 g/mol. The molecule has 1 N–H and O–H groups in total. The fourth-order valence-electron chi connectivity index (χ4n) is 6.30. The van der Waals surface area contributed by atoms with Gasteiger partial charge < -0.3 is 5.11 Å². The Bertz CT molecular complexity index is 1130. The number of piperidine rings is 2. The van der Waals surface area contributed by atoms with Gasteiger partial charge in [0.25, 0.3) is 0 Å². The summed E-state index contributed by atoms with van der Waals surface area (Å²) in [6.07, 6.45) is 7.92. The molecule has 0 spiro atoms. The molecule has 0 aliphatic carbocycles. The van der Waals surface area contributed by atoms with Crippen LogP contribution in [0, 0.1) is 0 Å². The average Bonchev–Trinajstić information content (AvgIpc) is 2.90. The molecule has 3 heterocycles. The monoisotopic (exact) mass is 457 g/mol. The van der Waals surface area contributed by atoms with Crippen LogP contribution in [0.4, 0.5) is 0 Å². The molecule has 0 radical (unpaired) electrons. The van der Waals surface area contributed by atoms with E-state index in [0.717, 1.165) is 86.0 Å². The Labute approximate surface area is 202 Å². The van der Waals surface area contributed by atoms with Crippen LogP contribution in [-0.2, 0) is 5.66 Å². The van der Waals surface area contributed by atoms with E-state index in [1.165, 1.54) is 12.8 Å². The summed E-state index contributed by atoms with van der Waals surface area (Å²) in [6.45, 7) is 6.20. The van der Waals surface area contributed by atoms with Crippen molar-refractivity contribution < 1.29 is 9.90 Å². The Balaban J connectivity index is 1.89. The van der Waals surface area contributed by atoms with Gasteiger partial charge in [-0.05, 0) is 38.2 Å². The third kappa shape index (κ3) is 3.91.